The molecule has 0 spiro atoms. The number of nitrogens with one attached hydrogen (secondary N) is 1. The third kappa shape index (κ3) is 4.46. The Kier molecular flexibility index (Phi) is 5.51. The Morgan fingerprint density at radius 3 is 2.25 bits per heavy atom. The summed E-state index contributed by atoms with van der Waals surface area (Å²) < 4.78 is 54.6. The number of sulfonamides is 2. The Hall–Kier alpha value is -1.65. The number of halogens is 1. The van der Waals surface area contributed by atoms with Crippen molar-refractivity contribution in [1.82, 2.24) is 4.72 Å². The molecule has 0 aliphatic carbocycles. The van der Waals surface area contributed by atoms with E-state index in [4.69, 9.17) is 21.5 Å². The van der Waals surface area contributed by atoms with Gasteiger partial charge in [-0.1, -0.05) is 23.7 Å². The number of nitrogens with two attached hydrogens (primary N) is 1. The fourth-order valence-corrected chi connectivity index (χ4v) is 3.88. The van der Waals surface area contributed by atoms with Crippen molar-refractivity contribution in [2.45, 2.75) is 16.3 Å². The van der Waals surface area contributed by atoms with Crippen molar-refractivity contribution in [3.8, 4) is 5.75 Å². The molecule has 0 saturated heterocycles. The summed E-state index contributed by atoms with van der Waals surface area (Å²) in [4.78, 5) is -0.135. The number of hydrogen-bond acceptors (Lipinski definition) is 5. The van der Waals surface area contributed by atoms with Crippen LogP contribution in [0.1, 0.15) is 5.56 Å². The Morgan fingerprint density at radius 2 is 1.71 bits per heavy atom. The van der Waals surface area contributed by atoms with Crippen LogP contribution in [0, 0.1) is 0 Å². The molecule has 24 heavy (non-hydrogen) atoms. The Balaban J connectivity index is 2.20. The molecule has 0 aliphatic rings. The number of benzene rings is 2. The van der Waals surface area contributed by atoms with E-state index in [-0.39, 0.29) is 27.1 Å². The van der Waals surface area contributed by atoms with Gasteiger partial charge in [-0.2, -0.15) is 0 Å². The highest BCUT2D eigenvalue weighted by Gasteiger charge is 2.20. The summed E-state index contributed by atoms with van der Waals surface area (Å²) in [6, 6.07) is 9.81. The maximum Gasteiger partial charge on any atom is 0.244 e. The zero-order valence-corrected chi connectivity index (χ0v) is 15.0. The van der Waals surface area contributed by atoms with Gasteiger partial charge in [-0.15, -0.1) is 0 Å². The molecule has 0 fully saturated rings. The summed E-state index contributed by atoms with van der Waals surface area (Å²) in [6.07, 6.45) is 0. The number of rotatable bonds is 6. The summed E-state index contributed by atoms with van der Waals surface area (Å²) in [5, 5.41) is 5.26. The van der Waals surface area contributed by atoms with E-state index in [0.717, 1.165) is 0 Å². The number of methoxy groups -OCH3 is 1. The third-order valence-electron chi connectivity index (χ3n) is 3.13. The SMILES string of the molecule is COc1ccc(Cl)cc1S(=O)(=O)NCc1ccc(S(N)(=O)=O)cc1. The van der Waals surface area contributed by atoms with Gasteiger partial charge < -0.3 is 4.74 Å². The largest absolute Gasteiger partial charge is 0.495 e. The maximum absolute atomic E-state index is 12.4. The van der Waals surface area contributed by atoms with Crippen molar-refractivity contribution < 1.29 is 21.6 Å². The van der Waals surface area contributed by atoms with Crippen LogP contribution >= 0.6 is 11.6 Å². The molecule has 7 nitrogen and oxygen atoms in total. The molecule has 0 aromatic heterocycles. The van der Waals surface area contributed by atoms with E-state index in [2.05, 4.69) is 4.72 Å². The number of hydrogen-bond donors (Lipinski definition) is 2. The van der Waals surface area contributed by atoms with Crippen LogP contribution in [0.5, 0.6) is 5.75 Å². The molecule has 0 heterocycles. The third-order valence-corrected chi connectivity index (χ3v) is 5.72. The van der Waals surface area contributed by atoms with Gasteiger partial charge in [-0.3, -0.25) is 0 Å². The van der Waals surface area contributed by atoms with Gasteiger partial charge in [-0.05, 0) is 35.9 Å². The van der Waals surface area contributed by atoms with Crippen molar-refractivity contribution in [2.75, 3.05) is 7.11 Å². The van der Waals surface area contributed by atoms with Crippen LogP contribution in [0.25, 0.3) is 0 Å². The average molecular weight is 391 g/mol. The van der Waals surface area contributed by atoms with Crippen molar-refractivity contribution in [3.63, 3.8) is 0 Å². The van der Waals surface area contributed by atoms with Gasteiger partial charge in [0.05, 0.1) is 12.0 Å². The van der Waals surface area contributed by atoms with Gasteiger partial charge in [-0.25, -0.2) is 26.7 Å². The first-order valence-corrected chi connectivity index (χ1v) is 9.99. The van der Waals surface area contributed by atoms with Crippen LogP contribution in [0.15, 0.2) is 52.3 Å². The fraction of sp³-hybridized carbons (Fsp3) is 0.143. The van der Waals surface area contributed by atoms with Crippen molar-refractivity contribution >= 4 is 31.6 Å². The lowest BCUT2D eigenvalue weighted by molar-refractivity contribution is 0.402. The minimum atomic E-state index is -3.86. The normalized spacial score (nSPS) is 12.1. The van der Waals surface area contributed by atoms with Crippen molar-refractivity contribution in [1.29, 1.82) is 0 Å². The topological polar surface area (TPSA) is 116 Å². The van der Waals surface area contributed by atoms with Crippen LogP contribution < -0.4 is 14.6 Å². The van der Waals surface area contributed by atoms with E-state index in [1.807, 2.05) is 0 Å². The second-order valence-corrected chi connectivity index (χ2v) is 8.54. The van der Waals surface area contributed by atoms with Crippen LogP contribution in [0.2, 0.25) is 5.02 Å². The molecule has 0 bridgehead atoms. The van der Waals surface area contributed by atoms with Crippen molar-refractivity contribution in [3.05, 3.63) is 53.1 Å². The monoisotopic (exact) mass is 390 g/mol. The Morgan fingerprint density at radius 1 is 1.08 bits per heavy atom. The molecule has 0 atom stereocenters. The summed E-state index contributed by atoms with van der Waals surface area (Å²) in [6.45, 7) is -0.0388. The molecule has 0 saturated carbocycles. The van der Waals surface area contributed by atoms with E-state index in [1.165, 1.54) is 49.6 Å². The first-order valence-electron chi connectivity index (χ1n) is 6.58. The lowest BCUT2D eigenvalue weighted by atomic mass is 10.2. The van der Waals surface area contributed by atoms with Gasteiger partial charge in [0.2, 0.25) is 20.0 Å². The fourth-order valence-electron chi connectivity index (χ4n) is 1.91. The standard InChI is InChI=1S/C14H15ClN2O5S2/c1-22-13-7-4-11(15)8-14(13)24(20,21)17-9-10-2-5-12(6-3-10)23(16,18)19/h2-8,17H,9H2,1H3,(H2,16,18,19). The first-order chi connectivity index (χ1) is 11.1. The molecular formula is C14H15ClN2O5S2. The Labute approximate surface area is 145 Å². The lowest BCUT2D eigenvalue weighted by Gasteiger charge is -2.11. The highest BCUT2D eigenvalue weighted by molar-refractivity contribution is 7.89. The quantitative estimate of drug-likeness (QED) is 0.774. The van der Waals surface area contributed by atoms with E-state index >= 15 is 0 Å². The van der Waals surface area contributed by atoms with E-state index in [9.17, 15) is 16.8 Å². The smallest absolute Gasteiger partial charge is 0.244 e. The van der Waals surface area contributed by atoms with Crippen LogP contribution in [-0.2, 0) is 26.6 Å². The summed E-state index contributed by atoms with van der Waals surface area (Å²) >= 11 is 5.84. The van der Waals surface area contributed by atoms with E-state index in [0.29, 0.717) is 5.56 Å². The zero-order chi connectivity index (χ0) is 18.0. The minimum absolute atomic E-state index is 0.0388. The van der Waals surface area contributed by atoms with Gasteiger partial charge in [0.1, 0.15) is 10.6 Å². The number of primary sulfonamides is 1. The highest BCUT2D eigenvalue weighted by atomic mass is 35.5. The van der Waals surface area contributed by atoms with Crippen molar-refractivity contribution in [2.24, 2.45) is 5.14 Å². The second kappa shape index (κ2) is 7.08. The molecule has 0 aliphatic heterocycles. The molecule has 3 N–H and O–H groups in total. The molecule has 2 aromatic rings. The van der Waals surface area contributed by atoms with Crippen LogP contribution in [-0.4, -0.2) is 23.9 Å². The zero-order valence-electron chi connectivity index (χ0n) is 12.6. The van der Waals surface area contributed by atoms with E-state index in [1.54, 1.807) is 0 Å². The van der Waals surface area contributed by atoms with Gasteiger partial charge >= 0.3 is 0 Å². The average Bonchev–Trinajstić information content (AvgIpc) is 2.52. The molecule has 2 rings (SSSR count). The molecule has 10 heteroatoms. The summed E-state index contributed by atoms with van der Waals surface area (Å²) in [5.41, 5.74) is 0.562. The summed E-state index contributed by atoms with van der Waals surface area (Å²) in [5.74, 6) is 0.163. The molecule has 2 aromatic carbocycles. The Bertz CT molecular complexity index is 942. The molecular weight excluding hydrogens is 376 g/mol. The number of ether oxygens (including phenoxy) is 1. The van der Waals surface area contributed by atoms with Gasteiger partial charge in [0, 0.05) is 11.6 Å². The maximum atomic E-state index is 12.4. The summed E-state index contributed by atoms with van der Waals surface area (Å²) in [7, 11) is -6.30. The van der Waals surface area contributed by atoms with Crippen LogP contribution in [0.4, 0.5) is 0 Å². The highest BCUT2D eigenvalue weighted by Crippen LogP contribution is 2.27. The molecule has 0 radical (unpaired) electrons. The van der Waals surface area contributed by atoms with E-state index < -0.39 is 20.0 Å². The minimum Gasteiger partial charge on any atom is -0.495 e. The molecule has 0 unspecified atom stereocenters. The lowest BCUT2D eigenvalue weighted by Crippen LogP contribution is -2.24. The first kappa shape index (κ1) is 18.7. The van der Waals surface area contributed by atoms with Gasteiger partial charge in [0.15, 0.2) is 0 Å². The predicted octanol–water partition coefficient (Wildman–Crippen LogP) is 1.47. The second-order valence-electron chi connectivity index (χ2n) is 4.81. The predicted molar refractivity (Wildman–Crippen MR) is 89.8 cm³/mol. The molecule has 130 valence electrons. The molecule has 0 amide bonds. The van der Waals surface area contributed by atoms with Crippen LogP contribution in [0.3, 0.4) is 0 Å². The van der Waals surface area contributed by atoms with Gasteiger partial charge in [0.25, 0.3) is 0 Å².